The van der Waals surface area contributed by atoms with Gasteiger partial charge in [0, 0.05) is 23.8 Å². The molecule has 0 aliphatic carbocycles. The number of nitrogens with zero attached hydrogens (tertiary/aromatic N) is 1. The fourth-order valence-electron chi connectivity index (χ4n) is 2.93. The van der Waals surface area contributed by atoms with Crippen molar-refractivity contribution in [3.05, 3.63) is 51.2 Å². The van der Waals surface area contributed by atoms with E-state index in [1.165, 1.54) is 11.3 Å². The monoisotopic (exact) mass is 362 g/mol. The van der Waals surface area contributed by atoms with E-state index in [2.05, 4.69) is 5.32 Å². The van der Waals surface area contributed by atoms with E-state index < -0.39 is 0 Å². The van der Waals surface area contributed by atoms with E-state index in [-0.39, 0.29) is 17.7 Å². The molecule has 24 heavy (non-hydrogen) atoms. The minimum Gasteiger partial charge on any atom is -0.337 e. The van der Waals surface area contributed by atoms with Gasteiger partial charge in [-0.1, -0.05) is 17.7 Å². The Hall–Kier alpha value is -1.85. The molecule has 1 aliphatic heterocycles. The topological polar surface area (TPSA) is 49.4 Å². The molecule has 1 N–H and O–H groups in total. The van der Waals surface area contributed by atoms with Crippen molar-refractivity contribution in [1.29, 1.82) is 0 Å². The zero-order chi connectivity index (χ0) is 17.1. The number of hydrogen-bond donors (Lipinski definition) is 1. The highest BCUT2D eigenvalue weighted by molar-refractivity contribution is 7.12. The SMILES string of the molecule is Cc1cc(Cl)ccc1NC(=O)C1CCCN(C(=O)c2cccs2)C1. The van der Waals surface area contributed by atoms with E-state index in [0.717, 1.165) is 29.0 Å². The molecule has 4 nitrogen and oxygen atoms in total. The molecule has 0 bridgehead atoms. The van der Waals surface area contributed by atoms with Crippen LogP contribution in [0, 0.1) is 12.8 Å². The Morgan fingerprint density at radius 2 is 2.17 bits per heavy atom. The van der Waals surface area contributed by atoms with Gasteiger partial charge in [-0.15, -0.1) is 11.3 Å². The van der Waals surface area contributed by atoms with Crippen molar-refractivity contribution in [2.24, 2.45) is 5.92 Å². The molecule has 0 saturated carbocycles. The highest BCUT2D eigenvalue weighted by Crippen LogP contribution is 2.24. The number of anilines is 1. The summed E-state index contributed by atoms with van der Waals surface area (Å²) in [6.45, 7) is 3.09. The van der Waals surface area contributed by atoms with Crippen LogP contribution in [0.1, 0.15) is 28.1 Å². The van der Waals surface area contributed by atoms with Gasteiger partial charge in [0.2, 0.25) is 5.91 Å². The summed E-state index contributed by atoms with van der Waals surface area (Å²) in [5.41, 5.74) is 1.70. The first-order valence-corrected chi connectivity index (χ1v) is 9.20. The van der Waals surface area contributed by atoms with Crippen molar-refractivity contribution in [3.63, 3.8) is 0 Å². The molecule has 1 atom stereocenters. The average molecular weight is 363 g/mol. The third-order valence-corrected chi connectivity index (χ3v) is 5.35. The lowest BCUT2D eigenvalue weighted by Crippen LogP contribution is -2.43. The quantitative estimate of drug-likeness (QED) is 0.889. The Morgan fingerprint density at radius 3 is 2.88 bits per heavy atom. The number of nitrogens with one attached hydrogen (secondary N) is 1. The maximum atomic E-state index is 12.6. The predicted octanol–water partition coefficient (Wildman–Crippen LogP) is 4.20. The van der Waals surface area contributed by atoms with Crippen LogP contribution in [0.25, 0.3) is 0 Å². The molecule has 2 aromatic rings. The molecule has 3 rings (SSSR count). The van der Waals surface area contributed by atoms with E-state index in [1.54, 1.807) is 11.0 Å². The van der Waals surface area contributed by atoms with Gasteiger partial charge in [0.15, 0.2) is 0 Å². The summed E-state index contributed by atoms with van der Waals surface area (Å²) in [5, 5.41) is 5.51. The second-order valence-corrected chi connectivity index (χ2v) is 7.40. The highest BCUT2D eigenvalue weighted by atomic mass is 35.5. The number of amides is 2. The molecule has 0 radical (unpaired) electrons. The average Bonchev–Trinajstić information content (AvgIpc) is 3.11. The van der Waals surface area contributed by atoms with Crippen molar-refractivity contribution in [1.82, 2.24) is 4.90 Å². The number of halogens is 1. The van der Waals surface area contributed by atoms with Crippen LogP contribution in [-0.2, 0) is 4.79 Å². The van der Waals surface area contributed by atoms with Gasteiger partial charge in [-0.05, 0) is 55.0 Å². The predicted molar refractivity (Wildman–Crippen MR) is 97.8 cm³/mol. The highest BCUT2D eigenvalue weighted by Gasteiger charge is 2.29. The number of likely N-dealkylation sites (tertiary alicyclic amines) is 1. The molecule has 1 fully saturated rings. The summed E-state index contributed by atoms with van der Waals surface area (Å²) in [5.74, 6) is -0.202. The standard InChI is InChI=1S/C18H19ClN2O2S/c1-12-10-14(19)6-7-15(12)20-17(22)13-4-2-8-21(11-13)18(23)16-5-3-9-24-16/h3,5-7,9-10,13H,2,4,8,11H2,1H3,(H,20,22). The molecule has 126 valence electrons. The number of aryl methyl sites for hydroxylation is 1. The number of thiophene rings is 1. The molecular formula is C18H19ClN2O2S. The third kappa shape index (κ3) is 3.79. The van der Waals surface area contributed by atoms with Crippen molar-refractivity contribution < 1.29 is 9.59 Å². The van der Waals surface area contributed by atoms with Crippen LogP contribution in [0.4, 0.5) is 5.69 Å². The Kier molecular flexibility index (Phi) is 5.21. The number of rotatable bonds is 3. The minimum atomic E-state index is -0.183. The number of carbonyl (C=O) groups excluding carboxylic acids is 2. The normalized spacial score (nSPS) is 17.6. The van der Waals surface area contributed by atoms with Gasteiger partial charge in [0.05, 0.1) is 10.8 Å². The summed E-state index contributed by atoms with van der Waals surface area (Å²) in [6, 6.07) is 9.10. The molecule has 2 heterocycles. The lowest BCUT2D eigenvalue weighted by Gasteiger charge is -2.31. The van der Waals surface area contributed by atoms with Crippen LogP contribution in [0.15, 0.2) is 35.7 Å². The van der Waals surface area contributed by atoms with Crippen molar-refractivity contribution in [2.75, 3.05) is 18.4 Å². The molecular weight excluding hydrogens is 344 g/mol. The maximum Gasteiger partial charge on any atom is 0.263 e. The van der Waals surface area contributed by atoms with Crippen molar-refractivity contribution in [3.8, 4) is 0 Å². The molecule has 1 unspecified atom stereocenters. The van der Waals surface area contributed by atoms with Crippen LogP contribution < -0.4 is 5.32 Å². The van der Waals surface area contributed by atoms with Crippen molar-refractivity contribution in [2.45, 2.75) is 19.8 Å². The summed E-state index contributed by atoms with van der Waals surface area (Å²) in [6.07, 6.45) is 1.64. The minimum absolute atomic E-state index is 0.0187. The molecule has 6 heteroatoms. The lowest BCUT2D eigenvalue weighted by molar-refractivity contribution is -0.121. The number of hydrogen-bond acceptors (Lipinski definition) is 3. The summed E-state index contributed by atoms with van der Waals surface area (Å²) in [7, 11) is 0. The Labute approximate surface area is 150 Å². The Bertz CT molecular complexity index is 745. The molecule has 0 spiro atoms. The molecule has 1 aliphatic rings. The van der Waals surface area contributed by atoms with E-state index in [0.29, 0.717) is 18.1 Å². The third-order valence-electron chi connectivity index (χ3n) is 4.26. The van der Waals surface area contributed by atoms with Crippen LogP contribution in [0.5, 0.6) is 0 Å². The van der Waals surface area contributed by atoms with Crippen LogP contribution in [-0.4, -0.2) is 29.8 Å². The van der Waals surface area contributed by atoms with E-state index in [1.807, 2.05) is 36.6 Å². The summed E-state index contributed by atoms with van der Waals surface area (Å²) >= 11 is 7.39. The van der Waals surface area contributed by atoms with Crippen molar-refractivity contribution >= 4 is 40.4 Å². The van der Waals surface area contributed by atoms with Gasteiger partial charge >= 0.3 is 0 Å². The van der Waals surface area contributed by atoms with Gasteiger partial charge in [-0.2, -0.15) is 0 Å². The smallest absolute Gasteiger partial charge is 0.263 e. The van der Waals surface area contributed by atoms with Gasteiger partial charge in [-0.3, -0.25) is 9.59 Å². The van der Waals surface area contributed by atoms with Crippen LogP contribution >= 0.6 is 22.9 Å². The summed E-state index contributed by atoms with van der Waals surface area (Å²) in [4.78, 5) is 27.6. The molecule has 1 aromatic heterocycles. The Balaban J connectivity index is 1.65. The number of carbonyl (C=O) groups is 2. The van der Waals surface area contributed by atoms with E-state index >= 15 is 0 Å². The van der Waals surface area contributed by atoms with Gasteiger partial charge in [-0.25, -0.2) is 0 Å². The van der Waals surface area contributed by atoms with E-state index in [9.17, 15) is 9.59 Å². The Morgan fingerprint density at radius 1 is 1.33 bits per heavy atom. The fourth-order valence-corrected chi connectivity index (χ4v) is 3.85. The maximum absolute atomic E-state index is 12.6. The zero-order valence-electron chi connectivity index (χ0n) is 13.4. The molecule has 1 aromatic carbocycles. The van der Waals surface area contributed by atoms with Crippen LogP contribution in [0.2, 0.25) is 5.02 Å². The first kappa shape index (κ1) is 17.0. The van der Waals surface area contributed by atoms with E-state index in [4.69, 9.17) is 11.6 Å². The fraction of sp³-hybridized carbons (Fsp3) is 0.333. The zero-order valence-corrected chi connectivity index (χ0v) is 15.0. The summed E-state index contributed by atoms with van der Waals surface area (Å²) < 4.78 is 0. The molecule has 1 saturated heterocycles. The number of benzene rings is 1. The van der Waals surface area contributed by atoms with Gasteiger partial charge in [0.25, 0.3) is 5.91 Å². The van der Waals surface area contributed by atoms with Crippen LogP contribution in [0.3, 0.4) is 0 Å². The molecule has 2 amide bonds. The second kappa shape index (κ2) is 7.36. The lowest BCUT2D eigenvalue weighted by atomic mass is 9.96. The first-order valence-electron chi connectivity index (χ1n) is 7.94. The second-order valence-electron chi connectivity index (χ2n) is 6.02. The van der Waals surface area contributed by atoms with Gasteiger partial charge in [0.1, 0.15) is 0 Å². The largest absolute Gasteiger partial charge is 0.337 e. The van der Waals surface area contributed by atoms with Gasteiger partial charge < -0.3 is 10.2 Å². The number of piperidine rings is 1. The first-order chi connectivity index (χ1) is 11.5.